The van der Waals surface area contributed by atoms with E-state index in [0.717, 1.165) is 31.2 Å². The zero-order valence-electron chi connectivity index (χ0n) is 28.8. The molecule has 0 bridgehead atoms. The van der Waals surface area contributed by atoms with Gasteiger partial charge in [-0.15, -0.1) is 0 Å². The molecule has 6 rings (SSSR count). The van der Waals surface area contributed by atoms with Crippen molar-refractivity contribution in [2.45, 2.75) is 99.5 Å². The van der Waals surface area contributed by atoms with Crippen LogP contribution in [0.4, 0.5) is 0 Å². The third kappa shape index (κ3) is 6.90. The Kier molecular flexibility index (Phi) is 10.3. The largest absolute Gasteiger partial charge is 0.390 e. The zero-order chi connectivity index (χ0) is 34.3. The third-order valence-corrected chi connectivity index (χ3v) is 11.7. The second-order valence-electron chi connectivity index (χ2n) is 16.0. The van der Waals surface area contributed by atoms with Crippen LogP contribution in [0.25, 0.3) is 9.69 Å². The molecular weight excluding hydrogens is 592 g/mol. The highest BCUT2D eigenvalue weighted by atomic mass is 16.3. The smallest absolute Gasteiger partial charge is 0.226 e. The average Bonchev–Trinajstić information content (AvgIpc) is 3.01. The number of aliphatic hydroxyl groups is 1. The Labute approximate surface area is 288 Å². The van der Waals surface area contributed by atoms with E-state index < -0.39 is 16.4 Å². The van der Waals surface area contributed by atoms with Crippen LogP contribution in [0.2, 0.25) is 0 Å². The fourth-order valence-electron chi connectivity index (χ4n) is 9.53. The fourth-order valence-corrected chi connectivity index (χ4v) is 9.53. The van der Waals surface area contributed by atoms with Crippen molar-refractivity contribution in [3.05, 3.63) is 130 Å². The lowest BCUT2D eigenvalue weighted by Gasteiger charge is -2.54. The van der Waals surface area contributed by atoms with Crippen molar-refractivity contribution >= 4 is 11.6 Å². The molecule has 1 N–H and O–H groups in total. The van der Waals surface area contributed by atoms with Crippen LogP contribution >= 0.6 is 0 Å². The molecule has 4 aliphatic rings. The summed E-state index contributed by atoms with van der Waals surface area (Å²) in [7, 11) is 0. The van der Waals surface area contributed by atoms with Crippen LogP contribution in [0.5, 0.6) is 0 Å². The number of carbonyl (C=O) groups excluding carboxylic acids is 2. The molecule has 2 aromatic rings. The van der Waals surface area contributed by atoms with Gasteiger partial charge in [-0.1, -0.05) is 133 Å². The molecule has 0 aromatic heterocycles. The van der Waals surface area contributed by atoms with E-state index in [1.54, 1.807) is 0 Å². The van der Waals surface area contributed by atoms with Gasteiger partial charge in [-0.3, -0.25) is 0 Å². The van der Waals surface area contributed by atoms with Crippen molar-refractivity contribution in [1.82, 2.24) is 0 Å². The molecule has 0 radical (unpaired) electrons. The molecule has 0 spiro atoms. The molecule has 5 heteroatoms. The molecule has 0 heterocycles. The van der Waals surface area contributed by atoms with Crippen LogP contribution < -0.4 is 0 Å². The van der Waals surface area contributed by atoms with Crippen LogP contribution in [0.15, 0.2) is 95.9 Å². The lowest BCUT2D eigenvalue weighted by atomic mass is 9.50. The molecule has 4 aliphatic carbocycles. The summed E-state index contributed by atoms with van der Waals surface area (Å²) in [6, 6.07) is 20.5. The molecule has 0 aliphatic heterocycles. The number of nitrogens with zero attached hydrogens (tertiary/aromatic N) is 2. The maximum atomic E-state index is 12.6. The van der Waals surface area contributed by atoms with Crippen LogP contribution in [0, 0.1) is 46.6 Å². The van der Waals surface area contributed by atoms with Crippen LogP contribution in [-0.4, -0.2) is 22.3 Å². The zero-order valence-corrected chi connectivity index (χ0v) is 28.8. The predicted molar refractivity (Wildman–Crippen MR) is 193 cm³/mol. The van der Waals surface area contributed by atoms with Gasteiger partial charge in [0.1, 0.15) is 0 Å². The minimum absolute atomic E-state index is 0. The Morgan fingerprint density at radius 3 is 1.79 bits per heavy atom. The Morgan fingerprint density at radius 1 is 0.750 bits per heavy atom. The third-order valence-electron chi connectivity index (χ3n) is 11.7. The minimum atomic E-state index is -0.785. The summed E-state index contributed by atoms with van der Waals surface area (Å²) in [5.41, 5.74) is 2.22. The predicted octanol–water partition coefficient (Wildman–Crippen LogP) is 9.80. The topological polar surface area (TPSA) is 63.1 Å². The second kappa shape index (κ2) is 13.4. The monoisotopic (exact) mass is 644 g/mol. The molecule has 1 saturated carbocycles. The summed E-state index contributed by atoms with van der Waals surface area (Å²) >= 11 is 0. The number of ketones is 2. The quantitative estimate of drug-likeness (QED) is 0.266. The normalized spacial score (nSPS) is 31.4. The molecule has 252 valence electrons. The van der Waals surface area contributed by atoms with Gasteiger partial charge in [0.25, 0.3) is 0 Å². The number of hydrogen-bond acceptors (Lipinski definition) is 3. The van der Waals surface area contributed by atoms with Crippen molar-refractivity contribution in [2.24, 2.45) is 33.5 Å². The summed E-state index contributed by atoms with van der Waals surface area (Å²) < 4.78 is 0. The van der Waals surface area contributed by atoms with E-state index in [-0.39, 0.29) is 47.4 Å². The summed E-state index contributed by atoms with van der Waals surface area (Å²) in [6.45, 7) is 26.9. The van der Waals surface area contributed by atoms with E-state index in [0.29, 0.717) is 25.0 Å². The lowest BCUT2D eigenvalue weighted by Crippen LogP contribution is -2.54. The van der Waals surface area contributed by atoms with E-state index >= 15 is 0 Å². The molecule has 2 aromatic carbocycles. The molecule has 1 fully saturated rings. The number of hydrogen-bond donors (Lipinski definition) is 1. The molecule has 5 nitrogen and oxygen atoms in total. The van der Waals surface area contributed by atoms with Crippen LogP contribution in [0.1, 0.15) is 92.2 Å². The first-order chi connectivity index (χ1) is 22.1. The maximum Gasteiger partial charge on any atom is 0.226 e. The SMILES string of the molecule is C.[C-]#[N+]C1=C[C@]2(C)CC(Cc3ccccc3)=CC[C@H]2C(C)(C)C1=O.[C-]#[N+]C1=C[C@]2(C)C[C@](O)(Cc3ccccc3)CC[C@H]2C(C)(C)C1=O. The van der Waals surface area contributed by atoms with Gasteiger partial charge in [0.05, 0.1) is 18.7 Å². The highest BCUT2D eigenvalue weighted by molar-refractivity contribution is 6.03. The highest BCUT2D eigenvalue weighted by Crippen LogP contribution is 2.58. The number of Topliss-reactive ketones (excluding diaryl/α,β-unsaturated/α-hetero) is 2. The summed E-state index contributed by atoms with van der Waals surface area (Å²) in [4.78, 5) is 32.1. The molecule has 0 saturated heterocycles. The Morgan fingerprint density at radius 2 is 1.25 bits per heavy atom. The van der Waals surface area contributed by atoms with Gasteiger partial charge in [-0.25, -0.2) is 9.69 Å². The van der Waals surface area contributed by atoms with E-state index in [1.807, 2.05) is 76.2 Å². The van der Waals surface area contributed by atoms with Gasteiger partial charge in [-0.2, -0.15) is 0 Å². The number of fused-ring (bicyclic) bond motifs is 2. The average molecular weight is 645 g/mol. The molecule has 0 unspecified atom stereocenters. The maximum absolute atomic E-state index is 12.6. The van der Waals surface area contributed by atoms with E-state index in [2.05, 4.69) is 53.9 Å². The van der Waals surface area contributed by atoms with Crippen molar-refractivity contribution in [1.29, 1.82) is 0 Å². The van der Waals surface area contributed by atoms with Gasteiger partial charge >= 0.3 is 0 Å². The molecule has 48 heavy (non-hydrogen) atoms. The van der Waals surface area contributed by atoms with Gasteiger partial charge in [0.2, 0.25) is 11.4 Å². The van der Waals surface area contributed by atoms with Gasteiger partial charge < -0.3 is 14.7 Å². The first-order valence-corrected chi connectivity index (χ1v) is 16.9. The minimum Gasteiger partial charge on any atom is -0.390 e. The second-order valence-corrected chi connectivity index (χ2v) is 16.0. The first kappa shape index (κ1) is 36.8. The van der Waals surface area contributed by atoms with E-state index in [4.69, 9.17) is 13.1 Å². The lowest BCUT2D eigenvalue weighted by molar-refractivity contribution is -0.138. The highest BCUT2D eigenvalue weighted by Gasteiger charge is 2.56. The standard InChI is InChI=1S/C21H25NO2.C21H23NO.CH4/c1-19(2)17-10-11-21(24,12-15-8-6-5-7-9-15)14-20(17,3)13-16(22-4)18(19)23;1-20(2)18-11-10-16(12-15-8-6-5-7-9-15)13-21(18,3)14-17(22-4)19(20)23;/h5-9,13,17,24H,10-12,14H2,1-3H3;5-10,14,18H,11-13H2,1-3H3;1H4/t17-,20+,21+;18-,21-;/m00./s1. The van der Waals surface area contributed by atoms with Crippen molar-refractivity contribution in [3.8, 4) is 0 Å². The van der Waals surface area contributed by atoms with Crippen molar-refractivity contribution in [2.75, 3.05) is 0 Å². The molecule has 0 amide bonds. The molecule has 5 atom stereocenters. The van der Waals surface area contributed by atoms with E-state index in [1.165, 1.54) is 11.1 Å². The number of carbonyl (C=O) groups is 2. The number of rotatable bonds is 4. The van der Waals surface area contributed by atoms with E-state index in [9.17, 15) is 14.7 Å². The fraction of sp³-hybridized carbons (Fsp3) is 0.488. The molecular formula is C43H52N2O3. The Hall–Kier alpha value is -4.06. The van der Waals surface area contributed by atoms with Gasteiger partial charge in [0.15, 0.2) is 11.6 Å². The number of benzene rings is 2. The van der Waals surface area contributed by atoms with Gasteiger partial charge in [0, 0.05) is 17.3 Å². The van der Waals surface area contributed by atoms with Gasteiger partial charge in [-0.05, 0) is 72.3 Å². The first-order valence-electron chi connectivity index (χ1n) is 16.9. The van der Waals surface area contributed by atoms with Crippen LogP contribution in [0.3, 0.4) is 0 Å². The number of allylic oxidation sites excluding steroid dienone is 6. The van der Waals surface area contributed by atoms with Crippen molar-refractivity contribution < 1.29 is 14.7 Å². The summed E-state index contributed by atoms with van der Waals surface area (Å²) in [5, 5.41) is 11.2. The van der Waals surface area contributed by atoms with Crippen molar-refractivity contribution in [3.63, 3.8) is 0 Å². The Bertz CT molecular complexity index is 1720. The summed E-state index contributed by atoms with van der Waals surface area (Å²) in [5.74, 6) is 0.398. The summed E-state index contributed by atoms with van der Waals surface area (Å²) in [6.07, 6.45) is 11.6. The Balaban J connectivity index is 0.000000212. The van der Waals surface area contributed by atoms with Crippen LogP contribution in [-0.2, 0) is 22.4 Å².